The molecule has 1 unspecified atom stereocenters. The summed E-state index contributed by atoms with van der Waals surface area (Å²) < 4.78 is 16.4. The highest BCUT2D eigenvalue weighted by Gasteiger charge is 2.32. The molecular weight excluding hydrogens is 334 g/mol. The van der Waals surface area contributed by atoms with Crippen molar-refractivity contribution in [3.8, 4) is 0 Å². The molecular formula is C19H25N3O4. The first-order valence-corrected chi connectivity index (χ1v) is 9.52. The zero-order valence-corrected chi connectivity index (χ0v) is 14.9. The summed E-state index contributed by atoms with van der Waals surface area (Å²) in [5, 5.41) is 4.06. The fourth-order valence-corrected chi connectivity index (χ4v) is 3.83. The van der Waals surface area contributed by atoms with Crippen molar-refractivity contribution in [2.45, 2.75) is 44.4 Å². The van der Waals surface area contributed by atoms with Crippen LogP contribution in [0.3, 0.4) is 0 Å². The van der Waals surface area contributed by atoms with E-state index in [0.29, 0.717) is 43.6 Å². The number of furan rings is 1. The Hall–Kier alpha value is -2.15. The average Bonchev–Trinajstić information content (AvgIpc) is 3.45. The predicted molar refractivity (Wildman–Crippen MR) is 92.7 cm³/mol. The van der Waals surface area contributed by atoms with Gasteiger partial charge < -0.3 is 18.6 Å². The highest BCUT2D eigenvalue weighted by Crippen LogP contribution is 2.27. The minimum Gasteiger partial charge on any atom is -0.459 e. The summed E-state index contributed by atoms with van der Waals surface area (Å²) >= 11 is 0. The Morgan fingerprint density at radius 2 is 2.19 bits per heavy atom. The van der Waals surface area contributed by atoms with Crippen LogP contribution in [-0.4, -0.2) is 47.3 Å². The molecule has 0 spiro atoms. The van der Waals surface area contributed by atoms with Gasteiger partial charge in [-0.2, -0.15) is 4.98 Å². The van der Waals surface area contributed by atoms with Crippen molar-refractivity contribution in [3.63, 3.8) is 0 Å². The van der Waals surface area contributed by atoms with Crippen LogP contribution in [0.15, 0.2) is 27.3 Å². The van der Waals surface area contributed by atoms with E-state index in [0.717, 1.165) is 18.9 Å². The van der Waals surface area contributed by atoms with Crippen molar-refractivity contribution in [1.29, 1.82) is 0 Å². The minimum atomic E-state index is -0.0856. The average molecular weight is 359 g/mol. The van der Waals surface area contributed by atoms with Crippen LogP contribution in [0.1, 0.15) is 60.3 Å². The van der Waals surface area contributed by atoms with Gasteiger partial charge in [0.25, 0.3) is 5.91 Å². The molecule has 0 aromatic carbocycles. The van der Waals surface area contributed by atoms with Gasteiger partial charge in [0.05, 0.1) is 18.8 Å². The number of carbonyl (C=O) groups excluding carboxylic acids is 1. The molecule has 7 heteroatoms. The Bertz CT molecular complexity index is 706. The molecule has 2 fully saturated rings. The molecule has 7 nitrogen and oxygen atoms in total. The number of amides is 1. The normalized spacial score (nSPS) is 20.9. The molecule has 3 heterocycles. The Labute approximate surface area is 152 Å². The van der Waals surface area contributed by atoms with Gasteiger partial charge in [0.15, 0.2) is 11.6 Å². The molecule has 26 heavy (non-hydrogen) atoms. The minimum absolute atomic E-state index is 0.0856. The third-order valence-electron chi connectivity index (χ3n) is 5.34. The van der Waals surface area contributed by atoms with Crippen LogP contribution in [0.5, 0.6) is 0 Å². The molecule has 1 atom stereocenters. The first-order chi connectivity index (χ1) is 12.8. The number of ether oxygens (including phenoxy) is 1. The van der Waals surface area contributed by atoms with Crippen molar-refractivity contribution in [3.05, 3.63) is 35.9 Å². The Kier molecular flexibility index (Phi) is 5.34. The largest absolute Gasteiger partial charge is 0.459 e. The number of likely N-dealkylation sites (tertiary alicyclic amines) is 1. The van der Waals surface area contributed by atoms with E-state index < -0.39 is 0 Å². The second-order valence-electron chi connectivity index (χ2n) is 7.24. The van der Waals surface area contributed by atoms with Gasteiger partial charge in [-0.3, -0.25) is 4.79 Å². The number of hydrogen-bond acceptors (Lipinski definition) is 6. The summed E-state index contributed by atoms with van der Waals surface area (Å²) in [6.45, 7) is 2.73. The zero-order chi connectivity index (χ0) is 17.8. The number of rotatable bonds is 7. The second-order valence-corrected chi connectivity index (χ2v) is 7.24. The summed E-state index contributed by atoms with van der Waals surface area (Å²) in [7, 11) is 0. The van der Waals surface area contributed by atoms with E-state index in [1.165, 1.54) is 31.9 Å². The molecule has 1 saturated carbocycles. The zero-order valence-electron chi connectivity index (χ0n) is 14.9. The fourth-order valence-electron chi connectivity index (χ4n) is 3.83. The molecule has 0 radical (unpaired) electrons. The summed E-state index contributed by atoms with van der Waals surface area (Å²) in [6, 6.07) is 3.41. The lowest BCUT2D eigenvalue weighted by atomic mass is 10.1. The van der Waals surface area contributed by atoms with Crippen molar-refractivity contribution < 1.29 is 18.5 Å². The lowest BCUT2D eigenvalue weighted by Gasteiger charge is -2.13. The quantitative estimate of drug-likeness (QED) is 0.707. The van der Waals surface area contributed by atoms with E-state index in [2.05, 4.69) is 10.1 Å². The maximum atomic E-state index is 12.3. The van der Waals surface area contributed by atoms with Gasteiger partial charge in [-0.05, 0) is 37.3 Å². The Morgan fingerprint density at radius 1 is 1.31 bits per heavy atom. The van der Waals surface area contributed by atoms with Crippen molar-refractivity contribution in [2.75, 3.05) is 26.3 Å². The highest BCUT2D eigenvalue weighted by atomic mass is 16.5. The van der Waals surface area contributed by atoms with Crippen molar-refractivity contribution in [1.82, 2.24) is 15.0 Å². The first-order valence-electron chi connectivity index (χ1n) is 9.52. The molecule has 1 aliphatic heterocycles. The highest BCUT2D eigenvalue weighted by molar-refractivity contribution is 5.91. The molecule has 140 valence electrons. The van der Waals surface area contributed by atoms with E-state index in [1.54, 1.807) is 17.0 Å². The molecule has 0 N–H and O–H groups in total. The lowest BCUT2D eigenvalue weighted by molar-refractivity contribution is 0.0758. The molecule has 4 rings (SSSR count). The van der Waals surface area contributed by atoms with Gasteiger partial charge in [0.1, 0.15) is 0 Å². The van der Waals surface area contributed by atoms with Crippen LogP contribution in [-0.2, 0) is 11.2 Å². The predicted octanol–water partition coefficient (Wildman–Crippen LogP) is 3.04. The van der Waals surface area contributed by atoms with Gasteiger partial charge in [0, 0.05) is 26.1 Å². The molecule has 1 amide bonds. The number of hydrogen-bond donors (Lipinski definition) is 0. The van der Waals surface area contributed by atoms with E-state index in [-0.39, 0.29) is 11.8 Å². The molecule has 1 aliphatic carbocycles. The Balaban J connectivity index is 1.23. The maximum absolute atomic E-state index is 12.3. The monoisotopic (exact) mass is 359 g/mol. The second kappa shape index (κ2) is 8.03. The summed E-state index contributed by atoms with van der Waals surface area (Å²) in [4.78, 5) is 18.6. The smallest absolute Gasteiger partial charge is 0.289 e. The standard InChI is InChI=1S/C19H25N3O4/c23-19(16-6-3-10-25-16)22-9-7-15(12-22)18-20-17(21-26-18)8-11-24-13-14-4-1-2-5-14/h3,6,10,14-15H,1-2,4-5,7-9,11-13H2. The lowest BCUT2D eigenvalue weighted by Crippen LogP contribution is -2.28. The van der Waals surface area contributed by atoms with Crippen LogP contribution in [0.4, 0.5) is 0 Å². The van der Waals surface area contributed by atoms with Gasteiger partial charge in [-0.15, -0.1) is 0 Å². The van der Waals surface area contributed by atoms with Gasteiger partial charge in [0.2, 0.25) is 5.89 Å². The van der Waals surface area contributed by atoms with E-state index in [9.17, 15) is 4.79 Å². The number of aromatic nitrogens is 2. The van der Waals surface area contributed by atoms with Crippen molar-refractivity contribution in [2.24, 2.45) is 5.92 Å². The van der Waals surface area contributed by atoms with Crippen molar-refractivity contribution >= 4 is 5.91 Å². The van der Waals surface area contributed by atoms with Gasteiger partial charge in [-0.1, -0.05) is 18.0 Å². The number of carbonyl (C=O) groups is 1. The SMILES string of the molecule is O=C(c1ccco1)N1CCC(c2nc(CCOCC3CCCC3)no2)C1. The number of nitrogens with zero attached hydrogens (tertiary/aromatic N) is 3. The molecule has 0 bridgehead atoms. The summed E-state index contributed by atoms with van der Waals surface area (Å²) in [6.07, 6.45) is 8.26. The summed E-state index contributed by atoms with van der Waals surface area (Å²) in [5.74, 6) is 2.41. The first kappa shape index (κ1) is 17.3. The molecule has 2 aromatic rings. The van der Waals surface area contributed by atoms with Crippen LogP contribution in [0.25, 0.3) is 0 Å². The van der Waals surface area contributed by atoms with Crippen LogP contribution in [0, 0.1) is 5.92 Å². The molecule has 2 aliphatic rings. The Morgan fingerprint density at radius 3 is 3.00 bits per heavy atom. The molecule has 1 saturated heterocycles. The van der Waals surface area contributed by atoms with E-state index in [4.69, 9.17) is 13.7 Å². The fraction of sp³-hybridized carbons (Fsp3) is 0.632. The molecule has 2 aromatic heterocycles. The van der Waals surface area contributed by atoms with E-state index in [1.807, 2.05) is 0 Å². The van der Waals surface area contributed by atoms with Crippen LogP contribution in [0.2, 0.25) is 0 Å². The van der Waals surface area contributed by atoms with Gasteiger partial charge in [-0.25, -0.2) is 0 Å². The van der Waals surface area contributed by atoms with E-state index >= 15 is 0 Å². The third-order valence-corrected chi connectivity index (χ3v) is 5.34. The van der Waals surface area contributed by atoms with Crippen LogP contribution >= 0.6 is 0 Å². The maximum Gasteiger partial charge on any atom is 0.289 e. The third kappa shape index (κ3) is 3.98. The topological polar surface area (TPSA) is 81.6 Å². The van der Waals surface area contributed by atoms with Gasteiger partial charge >= 0.3 is 0 Å². The summed E-state index contributed by atoms with van der Waals surface area (Å²) in [5.41, 5.74) is 0. The van der Waals surface area contributed by atoms with Crippen LogP contribution < -0.4 is 0 Å².